The van der Waals surface area contributed by atoms with Gasteiger partial charge in [0, 0.05) is 30.5 Å². The van der Waals surface area contributed by atoms with E-state index in [4.69, 9.17) is 9.26 Å². The summed E-state index contributed by atoms with van der Waals surface area (Å²) in [5.41, 5.74) is 2.01. The number of aromatic nitrogens is 2. The molecule has 1 unspecified atom stereocenters. The molecule has 146 valence electrons. The molecule has 1 aromatic carbocycles. The molecule has 3 heterocycles. The summed E-state index contributed by atoms with van der Waals surface area (Å²) in [5.74, 6) is 2.38. The molecule has 0 N–H and O–H groups in total. The maximum atomic E-state index is 12.6. The van der Waals surface area contributed by atoms with Gasteiger partial charge in [0.05, 0.1) is 0 Å². The van der Waals surface area contributed by atoms with Gasteiger partial charge in [0.1, 0.15) is 5.75 Å². The van der Waals surface area contributed by atoms with Crippen molar-refractivity contribution in [2.75, 3.05) is 19.7 Å². The van der Waals surface area contributed by atoms with Crippen molar-refractivity contribution in [2.45, 2.75) is 26.2 Å². The summed E-state index contributed by atoms with van der Waals surface area (Å²) in [7, 11) is 0. The molecule has 28 heavy (non-hydrogen) atoms. The summed E-state index contributed by atoms with van der Waals surface area (Å²) in [6.07, 6.45) is 2.73. The maximum absolute atomic E-state index is 12.6. The zero-order valence-electron chi connectivity index (χ0n) is 15.8. The maximum Gasteiger partial charge on any atom is 0.260 e. The van der Waals surface area contributed by atoms with Crippen molar-refractivity contribution in [2.24, 2.45) is 5.92 Å². The van der Waals surface area contributed by atoms with E-state index in [1.54, 1.807) is 11.3 Å². The largest absolute Gasteiger partial charge is 0.484 e. The van der Waals surface area contributed by atoms with E-state index in [2.05, 4.69) is 10.1 Å². The van der Waals surface area contributed by atoms with Crippen LogP contribution < -0.4 is 4.74 Å². The highest BCUT2D eigenvalue weighted by Gasteiger charge is 2.26. The molecular formula is C21H23N3O3S. The number of carbonyl (C=O) groups is 1. The SMILES string of the molecule is Cc1ccccc1OCC(=O)N1CCCC(Cc2nc(-c3ccsc3)no2)C1. The summed E-state index contributed by atoms with van der Waals surface area (Å²) in [4.78, 5) is 19.0. The first-order chi connectivity index (χ1) is 13.7. The van der Waals surface area contributed by atoms with Gasteiger partial charge in [-0.25, -0.2) is 0 Å². The quantitative estimate of drug-likeness (QED) is 0.630. The van der Waals surface area contributed by atoms with Crippen LogP contribution in [-0.2, 0) is 11.2 Å². The fraction of sp³-hybridized carbons (Fsp3) is 0.381. The fourth-order valence-electron chi connectivity index (χ4n) is 3.50. The molecule has 7 heteroatoms. The molecule has 1 atom stereocenters. The number of ether oxygens (including phenoxy) is 1. The molecule has 0 spiro atoms. The number of hydrogen-bond acceptors (Lipinski definition) is 6. The Morgan fingerprint density at radius 2 is 2.25 bits per heavy atom. The second kappa shape index (κ2) is 8.56. The zero-order valence-corrected chi connectivity index (χ0v) is 16.7. The fourth-order valence-corrected chi connectivity index (χ4v) is 4.14. The Balaban J connectivity index is 1.31. The van der Waals surface area contributed by atoms with Crippen LogP contribution in [0, 0.1) is 12.8 Å². The number of hydrogen-bond donors (Lipinski definition) is 0. The number of para-hydroxylation sites is 1. The lowest BCUT2D eigenvalue weighted by Gasteiger charge is -2.32. The van der Waals surface area contributed by atoms with Gasteiger partial charge < -0.3 is 14.2 Å². The van der Waals surface area contributed by atoms with E-state index < -0.39 is 0 Å². The summed E-state index contributed by atoms with van der Waals surface area (Å²) in [6.45, 7) is 3.52. The first-order valence-electron chi connectivity index (χ1n) is 9.50. The van der Waals surface area contributed by atoms with E-state index >= 15 is 0 Å². The van der Waals surface area contributed by atoms with Crippen LogP contribution in [0.1, 0.15) is 24.3 Å². The molecule has 4 rings (SSSR count). The molecule has 1 saturated heterocycles. The Bertz CT molecular complexity index is 923. The van der Waals surface area contributed by atoms with Crippen LogP contribution >= 0.6 is 11.3 Å². The van der Waals surface area contributed by atoms with Crippen LogP contribution in [0.15, 0.2) is 45.6 Å². The van der Waals surface area contributed by atoms with Gasteiger partial charge in [-0.1, -0.05) is 23.4 Å². The first-order valence-corrected chi connectivity index (χ1v) is 10.4. The highest BCUT2D eigenvalue weighted by molar-refractivity contribution is 7.08. The van der Waals surface area contributed by atoms with E-state index in [0.717, 1.165) is 36.3 Å². The molecule has 3 aromatic rings. The van der Waals surface area contributed by atoms with E-state index in [-0.39, 0.29) is 12.5 Å². The van der Waals surface area contributed by atoms with Gasteiger partial charge in [-0.05, 0) is 48.8 Å². The van der Waals surface area contributed by atoms with E-state index in [1.807, 2.05) is 52.9 Å². The number of thiophene rings is 1. The molecule has 0 aliphatic carbocycles. The minimum absolute atomic E-state index is 0.0254. The molecule has 1 fully saturated rings. The van der Waals surface area contributed by atoms with Crippen molar-refractivity contribution in [1.82, 2.24) is 15.0 Å². The van der Waals surface area contributed by atoms with Crippen molar-refractivity contribution in [3.8, 4) is 17.1 Å². The Labute approximate surface area is 168 Å². The average Bonchev–Trinajstić information content (AvgIpc) is 3.39. The molecule has 6 nitrogen and oxygen atoms in total. The third-order valence-corrected chi connectivity index (χ3v) is 5.71. The summed E-state index contributed by atoms with van der Waals surface area (Å²) < 4.78 is 11.1. The molecule has 0 radical (unpaired) electrons. The third kappa shape index (κ3) is 4.42. The molecule has 1 aliphatic heterocycles. The number of nitrogens with zero attached hydrogens (tertiary/aromatic N) is 3. The number of rotatable bonds is 6. The topological polar surface area (TPSA) is 68.5 Å². The van der Waals surface area contributed by atoms with Gasteiger partial charge in [0.15, 0.2) is 6.61 Å². The van der Waals surface area contributed by atoms with E-state index in [9.17, 15) is 4.79 Å². The number of carbonyl (C=O) groups excluding carboxylic acids is 1. The molecular weight excluding hydrogens is 374 g/mol. The highest BCUT2D eigenvalue weighted by atomic mass is 32.1. The number of amides is 1. The predicted octanol–water partition coefficient (Wildman–Crippen LogP) is 3.97. The van der Waals surface area contributed by atoms with E-state index in [0.29, 0.717) is 30.6 Å². The van der Waals surface area contributed by atoms with Crippen molar-refractivity contribution >= 4 is 17.2 Å². The van der Waals surface area contributed by atoms with Gasteiger partial charge in [-0.2, -0.15) is 16.3 Å². The van der Waals surface area contributed by atoms with Crippen LogP contribution in [0.5, 0.6) is 5.75 Å². The number of piperidine rings is 1. The summed E-state index contributed by atoms with van der Waals surface area (Å²) in [6, 6.07) is 9.72. The number of likely N-dealkylation sites (tertiary alicyclic amines) is 1. The number of aryl methyl sites for hydroxylation is 1. The minimum Gasteiger partial charge on any atom is -0.484 e. The van der Waals surface area contributed by atoms with Crippen LogP contribution in [0.4, 0.5) is 0 Å². The molecule has 2 aromatic heterocycles. The first kappa shape index (κ1) is 18.7. The van der Waals surface area contributed by atoms with Crippen LogP contribution in [0.2, 0.25) is 0 Å². The van der Waals surface area contributed by atoms with Gasteiger partial charge >= 0.3 is 0 Å². The van der Waals surface area contributed by atoms with Crippen LogP contribution in [0.3, 0.4) is 0 Å². The lowest BCUT2D eigenvalue weighted by molar-refractivity contribution is -0.135. The van der Waals surface area contributed by atoms with Crippen molar-refractivity contribution in [1.29, 1.82) is 0 Å². The Morgan fingerprint density at radius 1 is 1.36 bits per heavy atom. The molecule has 0 bridgehead atoms. The highest BCUT2D eigenvalue weighted by Crippen LogP contribution is 2.23. The van der Waals surface area contributed by atoms with Gasteiger partial charge in [-0.15, -0.1) is 0 Å². The molecule has 0 saturated carbocycles. The van der Waals surface area contributed by atoms with Crippen molar-refractivity contribution in [3.05, 3.63) is 52.5 Å². The molecule has 1 aliphatic rings. The smallest absolute Gasteiger partial charge is 0.260 e. The predicted molar refractivity (Wildman–Crippen MR) is 107 cm³/mol. The second-order valence-corrected chi connectivity index (χ2v) is 7.91. The van der Waals surface area contributed by atoms with Crippen molar-refractivity contribution < 1.29 is 14.1 Å². The average molecular weight is 398 g/mol. The Morgan fingerprint density at radius 3 is 3.07 bits per heavy atom. The van der Waals surface area contributed by atoms with Gasteiger partial charge in [0.2, 0.25) is 11.7 Å². The van der Waals surface area contributed by atoms with E-state index in [1.165, 1.54) is 0 Å². The standard InChI is InChI=1S/C21H23N3O3S/c1-15-5-2-3-7-18(15)26-13-20(25)24-9-4-6-16(12-24)11-19-22-21(23-27-19)17-8-10-28-14-17/h2-3,5,7-8,10,14,16H,4,6,9,11-13H2,1H3. The lowest BCUT2D eigenvalue weighted by Crippen LogP contribution is -2.42. The Hall–Kier alpha value is -2.67. The monoisotopic (exact) mass is 397 g/mol. The minimum atomic E-state index is 0.0254. The summed E-state index contributed by atoms with van der Waals surface area (Å²) >= 11 is 1.61. The molecule has 1 amide bonds. The van der Waals surface area contributed by atoms with Gasteiger partial charge in [0.25, 0.3) is 5.91 Å². The van der Waals surface area contributed by atoms with Crippen molar-refractivity contribution in [3.63, 3.8) is 0 Å². The third-order valence-electron chi connectivity index (χ3n) is 5.03. The lowest BCUT2D eigenvalue weighted by atomic mass is 9.95. The Kier molecular flexibility index (Phi) is 5.71. The van der Waals surface area contributed by atoms with Crippen LogP contribution in [0.25, 0.3) is 11.4 Å². The van der Waals surface area contributed by atoms with Gasteiger partial charge in [-0.3, -0.25) is 4.79 Å². The second-order valence-electron chi connectivity index (χ2n) is 7.13. The normalized spacial score (nSPS) is 16.9. The zero-order chi connectivity index (χ0) is 19.3. The summed E-state index contributed by atoms with van der Waals surface area (Å²) in [5, 5.41) is 8.07. The van der Waals surface area contributed by atoms with Crippen LogP contribution in [-0.4, -0.2) is 40.6 Å². The number of benzene rings is 1.